The van der Waals surface area contributed by atoms with Crippen LogP contribution >= 0.6 is 27.5 Å². The third-order valence-electron chi connectivity index (χ3n) is 1.99. The van der Waals surface area contributed by atoms with Crippen molar-refractivity contribution in [1.82, 2.24) is 0 Å². The molecule has 2 N–H and O–H groups in total. The smallest absolute Gasteiger partial charge is 0.123 e. The zero-order valence-corrected chi connectivity index (χ0v) is 11.5. The van der Waals surface area contributed by atoms with E-state index in [-0.39, 0.29) is 6.04 Å². The average Bonchev–Trinajstić information content (AvgIpc) is 2.20. The van der Waals surface area contributed by atoms with Gasteiger partial charge in [-0.15, -0.1) is 0 Å². The second kappa shape index (κ2) is 6.94. The van der Waals surface area contributed by atoms with Crippen LogP contribution in [-0.4, -0.2) is 12.6 Å². The summed E-state index contributed by atoms with van der Waals surface area (Å²) in [6.45, 7) is 2.44. The van der Waals surface area contributed by atoms with E-state index < -0.39 is 0 Å². The first-order chi connectivity index (χ1) is 7.63. The van der Waals surface area contributed by atoms with Crippen LogP contribution in [0.1, 0.15) is 12.5 Å². The fourth-order valence-corrected chi connectivity index (χ4v) is 1.85. The Morgan fingerprint density at radius 1 is 1.56 bits per heavy atom. The van der Waals surface area contributed by atoms with Crippen LogP contribution in [0.15, 0.2) is 34.3 Å². The Morgan fingerprint density at radius 3 is 2.94 bits per heavy atom. The predicted molar refractivity (Wildman–Crippen MR) is 72.0 cm³/mol. The molecule has 0 aliphatic rings. The molecule has 4 heteroatoms. The summed E-state index contributed by atoms with van der Waals surface area (Å²) in [5, 5.41) is 0. The second-order valence-electron chi connectivity index (χ2n) is 3.61. The lowest BCUT2D eigenvalue weighted by molar-refractivity contribution is 0.358. The highest BCUT2D eigenvalue weighted by Gasteiger charge is 2.06. The monoisotopic (exact) mass is 303 g/mol. The van der Waals surface area contributed by atoms with Crippen LogP contribution in [0.25, 0.3) is 0 Å². The van der Waals surface area contributed by atoms with Gasteiger partial charge in [0.25, 0.3) is 0 Å². The van der Waals surface area contributed by atoms with E-state index in [2.05, 4.69) is 15.9 Å². The first-order valence-electron chi connectivity index (χ1n) is 5.05. The maximum absolute atomic E-state index is 5.79. The van der Waals surface area contributed by atoms with E-state index in [0.717, 1.165) is 22.2 Å². The van der Waals surface area contributed by atoms with E-state index in [9.17, 15) is 0 Å². The molecule has 0 aliphatic carbocycles. The van der Waals surface area contributed by atoms with Crippen molar-refractivity contribution in [2.24, 2.45) is 5.73 Å². The fraction of sp³-hybridized carbons (Fsp3) is 0.333. The van der Waals surface area contributed by atoms with Gasteiger partial charge < -0.3 is 10.5 Å². The number of rotatable bonds is 5. The summed E-state index contributed by atoms with van der Waals surface area (Å²) in [7, 11) is 0. The normalized spacial score (nSPS) is 13.0. The van der Waals surface area contributed by atoms with Gasteiger partial charge in [-0.2, -0.15) is 0 Å². The number of hydrogen-bond acceptors (Lipinski definition) is 2. The number of nitrogens with two attached hydrogens (primary N) is 1. The summed E-state index contributed by atoms with van der Waals surface area (Å²) in [6.07, 6.45) is 2.54. The highest BCUT2D eigenvalue weighted by atomic mass is 79.9. The first-order valence-corrected chi connectivity index (χ1v) is 6.28. The van der Waals surface area contributed by atoms with Crippen molar-refractivity contribution in [3.63, 3.8) is 0 Å². The highest BCUT2D eigenvalue weighted by Crippen LogP contribution is 2.24. The summed E-state index contributed by atoms with van der Waals surface area (Å²) in [5.74, 6) is 0.857. The van der Waals surface area contributed by atoms with Crippen molar-refractivity contribution in [2.75, 3.05) is 6.61 Å². The van der Waals surface area contributed by atoms with E-state index in [4.69, 9.17) is 22.1 Å². The van der Waals surface area contributed by atoms with E-state index >= 15 is 0 Å². The van der Waals surface area contributed by atoms with Crippen molar-refractivity contribution in [1.29, 1.82) is 0 Å². The van der Waals surface area contributed by atoms with Crippen LogP contribution < -0.4 is 10.5 Å². The molecule has 0 aliphatic heterocycles. The molecule has 0 aromatic heterocycles. The molecular formula is C12H15BrClNO. The van der Waals surface area contributed by atoms with E-state index in [1.807, 2.05) is 25.1 Å². The van der Waals surface area contributed by atoms with Crippen LogP contribution in [0.2, 0.25) is 0 Å². The predicted octanol–water partition coefficient (Wildman–Crippen LogP) is 3.47. The number of hydrogen-bond donors (Lipinski definition) is 1. The third kappa shape index (κ3) is 4.56. The molecule has 0 saturated heterocycles. The van der Waals surface area contributed by atoms with Crippen LogP contribution in [0.5, 0.6) is 5.75 Å². The molecular weight excluding hydrogens is 289 g/mol. The van der Waals surface area contributed by atoms with Crippen molar-refractivity contribution in [3.8, 4) is 5.75 Å². The fourth-order valence-electron chi connectivity index (χ4n) is 1.37. The molecule has 2 nitrogen and oxygen atoms in total. The third-order valence-corrected chi connectivity index (χ3v) is 2.66. The Balaban J connectivity index is 2.80. The molecule has 0 fully saturated rings. The van der Waals surface area contributed by atoms with Gasteiger partial charge in [0.1, 0.15) is 12.4 Å². The zero-order valence-electron chi connectivity index (χ0n) is 9.12. The average molecular weight is 305 g/mol. The summed E-state index contributed by atoms with van der Waals surface area (Å²) >= 11 is 8.87. The summed E-state index contributed by atoms with van der Waals surface area (Å²) < 4.78 is 6.62. The number of halogens is 2. The minimum absolute atomic E-state index is 0.111. The molecule has 88 valence electrons. The van der Waals surface area contributed by atoms with E-state index in [0.29, 0.717) is 6.61 Å². The van der Waals surface area contributed by atoms with Gasteiger partial charge in [-0.05, 0) is 43.2 Å². The van der Waals surface area contributed by atoms with E-state index in [1.165, 1.54) is 5.54 Å². The maximum Gasteiger partial charge on any atom is 0.123 e. The van der Waals surface area contributed by atoms with Gasteiger partial charge in [0, 0.05) is 16.0 Å². The molecule has 0 bridgehead atoms. The Hall–Kier alpha value is -0.510. The van der Waals surface area contributed by atoms with Gasteiger partial charge in [0.05, 0.1) is 0 Å². The highest BCUT2D eigenvalue weighted by molar-refractivity contribution is 9.10. The molecule has 1 aromatic rings. The Bertz CT molecular complexity index is 366. The minimum Gasteiger partial charge on any atom is -0.489 e. The van der Waals surface area contributed by atoms with Crippen molar-refractivity contribution in [2.45, 2.75) is 19.4 Å². The molecule has 1 aromatic carbocycles. The lowest BCUT2D eigenvalue weighted by Crippen LogP contribution is -2.18. The van der Waals surface area contributed by atoms with Crippen LogP contribution in [0.3, 0.4) is 0 Å². The SMILES string of the molecule is CC(N)Cc1cc(Br)ccc1OC/C=C/Cl. The van der Waals surface area contributed by atoms with Gasteiger partial charge in [-0.1, -0.05) is 27.5 Å². The molecule has 0 spiro atoms. The topological polar surface area (TPSA) is 35.2 Å². The lowest BCUT2D eigenvalue weighted by Gasteiger charge is -2.12. The molecule has 1 unspecified atom stereocenters. The molecule has 1 rings (SSSR count). The minimum atomic E-state index is 0.111. The standard InChI is InChI=1S/C12H15BrClNO/c1-9(15)7-10-8-11(13)3-4-12(10)16-6-2-5-14/h2-5,8-9H,6-7,15H2,1H3/b5-2+. The van der Waals surface area contributed by atoms with Crippen LogP contribution in [0, 0.1) is 0 Å². The number of benzene rings is 1. The summed E-state index contributed by atoms with van der Waals surface area (Å²) in [5.41, 5.74) is 8.34. The van der Waals surface area contributed by atoms with Gasteiger partial charge in [-0.25, -0.2) is 0 Å². The van der Waals surface area contributed by atoms with Crippen molar-refractivity contribution in [3.05, 3.63) is 39.8 Å². The molecule has 0 saturated carbocycles. The summed E-state index contributed by atoms with van der Waals surface area (Å²) in [6, 6.07) is 6.03. The molecule has 0 radical (unpaired) electrons. The Kier molecular flexibility index (Phi) is 5.88. The summed E-state index contributed by atoms with van der Waals surface area (Å²) in [4.78, 5) is 0. The molecule has 1 atom stereocenters. The lowest BCUT2D eigenvalue weighted by atomic mass is 10.1. The molecule has 0 amide bonds. The molecule has 16 heavy (non-hydrogen) atoms. The second-order valence-corrected chi connectivity index (χ2v) is 4.77. The van der Waals surface area contributed by atoms with Gasteiger partial charge in [0.2, 0.25) is 0 Å². The first kappa shape index (κ1) is 13.6. The van der Waals surface area contributed by atoms with Crippen LogP contribution in [0.4, 0.5) is 0 Å². The Morgan fingerprint density at radius 2 is 2.31 bits per heavy atom. The van der Waals surface area contributed by atoms with Crippen molar-refractivity contribution < 1.29 is 4.74 Å². The molecule has 0 heterocycles. The maximum atomic E-state index is 5.79. The van der Waals surface area contributed by atoms with E-state index in [1.54, 1.807) is 6.08 Å². The quantitative estimate of drug-likeness (QED) is 0.904. The zero-order chi connectivity index (χ0) is 12.0. The largest absolute Gasteiger partial charge is 0.489 e. The van der Waals surface area contributed by atoms with Crippen LogP contribution in [-0.2, 0) is 6.42 Å². The van der Waals surface area contributed by atoms with Gasteiger partial charge >= 0.3 is 0 Å². The van der Waals surface area contributed by atoms with Gasteiger partial charge in [-0.3, -0.25) is 0 Å². The number of ether oxygens (including phenoxy) is 1. The van der Waals surface area contributed by atoms with Gasteiger partial charge in [0.15, 0.2) is 0 Å². The Labute approximate surface area is 110 Å². The van der Waals surface area contributed by atoms with Crippen molar-refractivity contribution >= 4 is 27.5 Å².